The van der Waals surface area contributed by atoms with E-state index >= 15 is 0 Å². The minimum atomic E-state index is -1.34. The lowest BCUT2D eigenvalue weighted by Gasteiger charge is -2.17. The number of ether oxygens (including phenoxy) is 3. The van der Waals surface area contributed by atoms with Crippen LogP contribution in [0.25, 0.3) is 0 Å². The van der Waals surface area contributed by atoms with Gasteiger partial charge in [0.15, 0.2) is 6.10 Å². The van der Waals surface area contributed by atoms with Gasteiger partial charge in [0, 0.05) is 17.2 Å². The fourth-order valence-corrected chi connectivity index (χ4v) is 1.80. The summed E-state index contributed by atoms with van der Waals surface area (Å²) in [5.74, 6) is 0.386. The molecule has 18 heavy (non-hydrogen) atoms. The molecule has 5 nitrogen and oxygen atoms in total. The molecule has 0 heterocycles. The van der Waals surface area contributed by atoms with Crippen molar-refractivity contribution >= 4 is 5.97 Å². The van der Waals surface area contributed by atoms with Gasteiger partial charge >= 0.3 is 5.97 Å². The van der Waals surface area contributed by atoms with Crippen molar-refractivity contribution < 1.29 is 24.1 Å². The highest BCUT2D eigenvalue weighted by Gasteiger charge is 2.23. The number of rotatable bonds is 5. The summed E-state index contributed by atoms with van der Waals surface area (Å²) in [5.41, 5.74) is 1.21. The Morgan fingerprint density at radius 3 is 2.39 bits per heavy atom. The van der Waals surface area contributed by atoms with Crippen LogP contribution in [-0.4, -0.2) is 32.4 Å². The molecule has 1 aromatic rings. The zero-order valence-electron chi connectivity index (χ0n) is 11.0. The van der Waals surface area contributed by atoms with E-state index in [9.17, 15) is 9.90 Å². The molecule has 5 heteroatoms. The number of methoxy groups -OCH3 is 3. The third-order valence-electron chi connectivity index (χ3n) is 2.75. The van der Waals surface area contributed by atoms with E-state index in [2.05, 4.69) is 4.74 Å². The maximum atomic E-state index is 11.4. The second-order valence-corrected chi connectivity index (χ2v) is 3.68. The molecule has 0 fully saturated rings. The Kier molecular flexibility index (Phi) is 4.97. The molecule has 1 aromatic carbocycles. The van der Waals surface area contributed by atoms with Gasteiger partial charge in [0.1, 0.15) is 11.5 Å². The minimum Gasteiger partial charge on any atom is -0.497 e. The Hall–Kier alpha value is -1.75. The number of aliphatic hydroxyl groups is 1. The fraction of sp³-hybridized carbons (Fsp3) is 0.462. The van der Waals surface area contributed by atoms with Crippen LogP contribution in [0.4, 0.5) is 0 Å². The summed E-state index contributed by atoms with van der Waals surface area (Å²) in [4.78, 5) is 11.4. The Bertz CT molecular complexity index is 428. The van der Waals surface area contributed by atoms with E-state index in [0.29, 0.717) is 23.5 Å². The van der Waals surface area contributed by atoms with Crippen molar-refractivity contribution in [3.63, 3.8) is 0 Å². The molecule has 1 rings (SSSR count). The van der Waals surface area contributed by atoms with Gasteiger partial charge in [0.25, 0.3) is 0 Å². The number of carbonyl (C=O) groups excluding carboxylic acids is 1. The second-order valence-electron chi connectivity index (χ2n) is 3.68. The van der Waals surface area contributed by atoms with Crippen molar-refractivity contribution in [3.05, 3.63) is 23.3 Å². The molecule has 1 unspecified atom stereocenters. The van der Waals surface area contributed by atoms with Gasteiger partial charge in [0.2, 0.25) is 0 Å². The number of benzene rings is 1. The van der Waals surface area contributed by atoms with Crippen LogP contribution in [0.15, 0.2) is 12.1 Å². The van der Waals surface area contributed by atoms with Gasteiger partial charge in [-0.25, -0.2) is 4.79 Å². The van der Waals surface area contributed by atoms with E-state index in [1.807, 2.05) is 6.92 Å². The minimum absolute atomic E-state index is 0.445. The summed E-state index contributed by atoms with van der Waals surface area (Å²) in [6, 6.07) is 3.33. The van der Waals surface area contributed by atoms with Crippen LogP contribution in [0.1, 0.15) is 24.2 Å². The van der Waals surface area contributed by atoms with Crippen LogP contribution >= 0.6 is 0 Å². The number of hydrogen-bond acceptors (Lipinski definition) is 5. The molecule has 0 aliphatic heterocycles. The Labute approximate surface area is 106 Å². The maximum absolute atomic E-state index is 11.4. The van der Waals surface area contributed by atoms with Crippen LogP contribution in [-0.2, 0) is 16.0 Å². The molecule has 0 aromatic heterocycles. The van der Waals surface area contributed by atoms with E-state index in [4.69, 9.17) is 9.47 Å². The van der Waals surface area contributed by atoms with Crippen LogP contribution in [0.2, 0.25) is 0 Å². The van der Waals surface area contributed by atoms with Gasteiger partial charge in [-0.1, -0.05) is 6.92 Å². The van der Waals surface area contributed by atoms with Crippen molar-refractivity contribution in [2.75, 3.05) is 21.3 Å². The molecule has 0 amide bonds. The van der Waals surface area contributed by atoms with E-state index in [-0.39, 0.29) is 0 Å². The van der Waals surface area contributed by atoms with E-state index < -0.39 is 12.1 Å². The van der Waals surface area contributed by atoms with E-state index in [1.54, 1.807) is 12.1 Å². The van der Waals surface area contributed by atoms with Gasteiger partial charge in [-0.3, -0.25) is 0 Å². The van der Waals surface area contributed by atoms with Crippen LogP contribution in [0, 0.1) is 0 Å². The Morgan fingerprint density at radius 2 is 1.94 bits per heavy atom. The highest BCUT2D eigenvalue weighted by molar-refractivity contribution is 5.77. The first-order valence-corrected chi connectivity index (χ1v) is 5.59. The molecule has 0 aliphatic carbocycles. The summed E-state index contributed by atoms with van der Waals surface area (Å²) in [6.07, 6.45) is -0.717. The zero-order chi connectivity index (χ0) is 13.7. The highest BCUT2D eigenvalue weighted by Crippen LogP contribution is 2.33. The monoisotopic (exact) mass is 254 g/mol. The second kappa shape index (κ2) is 6.26. The highest BCUT2D eigenvalue weighted by atomic mass is 16.5. The lowest BCUT2D eigenvalue weighted by molar-refractivity contribution is -0.150. The van der Waals surface area contributed by atoms with Gasteiger partial charge < -0.3 is 19.3 Å². The van der Waals surface area contributed by atoms with Gasteiger partial charge in [0.05, 0.1) is 21.3 Å². The molecular formula is C13H18O5. The lowest BCUT2D eigenvalue weighted by atomic mass is 9.98. The first-order chi connectivity index (χ1) is 8.58. The van der Waals surface area contributed by atoms with Crippen molar-refractivity contribution in [1.82, 2.24) is 0 Å². The normalized spacial score (nSPS) is 11.8. The molecule has 100 valence electrons. The first kappa shape index (κ1) is 14.3. The SMILES string of the molecule is CCc1c(OC)cc(OC)cc1C(O)C(=O)OC. The van der Waals surface area contributed by atoms with Crippen molar-refractivity contribution in [2.45, 2.75) is 19.4 Å². The van der Waals surface area contributed by atoms with E-state index in [1.165, 1.54) is 21.3 Å². The van der Waals surface area contributed by atoms with Crippen LogP contribution < -0.4 is 9.47 Å². The van der Waals surface area contributed by atoms with Gasteiger partial charge in [-0.15, -0.1) is 0 Å². The Morgan fingerprint density at radius 1 is 1.28 bits per heavy atom. The summed E-state index contributed by atoms with van der Waals surface area (Å²) in [6.45, 7) is 1.91. The molecule has 1 atom stereocenters. The zero-order valence-corrected chi connectivity index (χ0v) is 11.0. The number of carbonyl (C=O) groups is 1. The number of aliphatic hydroxyl groups excluding tert-OH is 1. The lowest BCUT2D eigenvalue weighted by Crippen LogP contribution is -2.15. The van der Waals surface area contributed by atoms with Crippen molar-refractivity contribution in [1.29, 1.82) is 0 Å². The van der Waals surface area contributed by atoms with Crippen LogP contribution in [0.5, 0.6) is 11.5 Å². The smallest absolute Gasteiger partial charge is 0.339 e. The van der Waals surface area contributed by atoms with Gasteiger partial charge in [-0.2, -0.15) is 0 Å². The Balaban J connectivity index is 3.34. The molecule has 0 aliphatic rings. The summed E-state index contributed by atoms with van der Waals surface area (Å²) >= 11 is 0. The third kappa shape index (κ3) is 2.73. The topological polar surface area (TPSA) is 65.0 Å². The summed E-state index contributed by atoms with van der Waals surface area (Å²) < 4.78 is 14.9. The summed E-state index contributed by atoms with van der Waals surface area (Å²) in [5, 5.41) is 9.96. The van der Waals surface area contributed by atoms with Crippen molar-refractivity contribution in [3.8, 4) is 11.5 Å². The van der Waals surface area contributed by atoms with Crippen LogP contribution in [0.3, 0.4) is 0 Å². The molecule has 0 spiro atoms. The predicted octanol–water partition coefficient (Wildman–Crippen LogP) is 1.47. The predicted molar refractivity (Wildman–Crippen MR) is 65.9 cm³/mol. The fourth-order valence-electron chi connectivity index (χ4n) is 1.80. The number of esters is 1. The van der Waals surface area contributed by atoms with Crippen molar-refractivity contribution in [2.24, 2.45) is 0 Å². The van der Waals surface area contributed by atoms with E-state index in [0.717, 1.165) is 5.56 Å². The molecule has 0 radical (unpaired) electrons. The molecule has 0 saturated heterocycles. The quantitative estimate of drug-likeness (QED) is 0.806. The summed E-state index contributed by atoms with van der Waals surface area (Å²) in [7, 11) is 4.27. The third-order valence-corrected chi connectivity index (χ3v) is 2.75. The average Bonchev–Trinajstić information content (AvgIpc) is 2.43. The van der Waals surface area contributed by atoms with Gasteiger partial charge in [-0.05, 0) is 12.5 Å². The molecule has 1 N–H and O–H groups in total. The maximum Gasteiger partial charge on any atom is 0.339 e. The first-order valence-electron chi connectivity index (χ1n) is 5.59. The number of hydrogen-bond donors (Lipinski definition) is 1. The molecule has 0 saturated carbocycles. The molecule has 0 bridgehead atoms. The standard InChI is InChI=1S/C13H18O5/c1-5-9-10(12(14)13(15)18-4)6-8(16-2)7-11(9)17-3/h6-7,12,14H,5H2,1-4H3. The largest absolute Gasteiger partial charge is 0.497 e. The average molecular weight is 254 g/mol. The molecular weight excluding hydrogens is 236 g/mol.